The van der Waals surface area contributed by atoms with E-state index in [0.29, 0.717) is 35.2 Å². The number of carbonyl (C=O) groups excluding carboxylic acids is 1. The van der Waals surface area contributed by atoms with Gasteiger partial charge in [0, 0.05) is 35.7 Å². The zero-order valence-electron chi connectivity index (χ0n) is 17.2. The van der Waals surface area contributed by atoms with Crippen molar-refractivity contribution in [2.24, 2.45) is 5.92 Å². The van der Waals surface area contributed by atoms with E-state index < -0.39 is 15.9 Å². The summed E-state index contributed by atoms with van der Waals surface area (Å²) < 4.78 is 38.3. The molecule has 1 amide bonds. The van der Waals surface area contributed by atoms with Gasteiger partial charge in [0.1, 0.15) is 16.4 Å². The van der Waals surface area contributed by atoms with Crippen LogP contribution in [-0.2, 0) is 21.4 Å². The number of nitrogens with one attached hydrogen (secondary N) is 1. The van der Waals surface area contributed by atoms with Gasteiger partial charge < -0.3 is 14.8 Å². The second kappa shape index (κ2) is 10.1. The Hall–Kier alpha value is -2.00. The van der Waals surface area contributed by atoms with Crippen LogP contribution in [0.25, 0.3) is 0 Å². The zero-order valence-corrected chi connectivity index (χ0v) is 19.6. The highest BCUT2D eigenvalue weighted by Crippen LogP contribution is 2.32. The first kappa shape index (κ1) is 23.7. The van der Waals surface area contributed by atoms with Crippen LogP contribution >= 0.6 is 23.2 Å². The molecule has 0 aromatic heterocycles. The number of hydrogen-bond donors (Lipinski definition) is 1. The maximum atomic E-state index is 13.3. The van der Waals surface area contributed by atoms with Gasteiger partial charge in [0.25, 0.3) is 0 Å². The molecule has 1 N–H and O–H groups in total. The molecule has 168 valence electrons. The van der Waals surface area contributed by atoms with Gasteiger partial charge in [0.2, 0.25) is 15.9 Å². The smallest absolute Gasteiger partial charge is 0.246 e. The van der Waals surface area contributed by atoms with E-state index in [-0.39, 0.29) is 29.6 Å². The summed E-state index contributed by atoms with van der Waals surface area (Å²) in [6, 6.07) is 9.67. The second-order valence-electron chi connectivity index (χ2n) is 7.17. The summed E-state index contributed by atoms with van der Waals surface area (Å²) in [5.41, 5.74) is 0.737. The van der Waals surface area contributed by atoms with Crippen LogP contribution in [0.1, 0.15) is 18.4 Å². The number of benzene rings is 2. The summed E-state index contributed by atoms with van der Waals surface area (Å²) in [5, 5.41) is 3.83. The maximum Gasteiger partial charge on any atom is 0.246 e. The van der Waals surface area contributed by atoms with Crippen LogP contribution in [-0.4, -0.2) is 45.9 Å². The Labute approximate surface area is 192 Å². The summed E-state index contributed by atoms with van der Waals surface area (Å²) in [7, 11) is -0.993. The van der Waals surface area contributed by atoms with Crippen molar-refractivity contribution < 1.29 is 22.7 Å². The lowest BCUT2D eigenvalue weighted by molar-refractivity contribution is -0.126. The van der Waals surface area contributed by atoms with Crippen molar-refractivity contribution in [3.8, 4) is 11.5 Å². The fourth-order valence-corrected chi connectivity index (χ4v) is 5.66. The average Bonchev–Trinajstić information content (AvgIpc) is 2.77. The summed E-state index contributed by atoms with van der Waals surface area (Å²) >= 11 is 12.1. The minimum atomic E-state index is -3.87. The van der Waals surface area contributed by atoms with Crippen LogP contribution < -0.4 is 14.8 Å². The number of methoxy groups -OCH3 is 2. The molecule has 0 radical (unpaired) electrons. The second-order valence-corrected chi connectivity index (χ2v) is 9.92. The Morgan fingerprint density at radius 1 is 1.16 bits per heavy atom. The van der Waals surface area contributed by atoms with Crippen LogP contribution in [0.4, 0.5) is 0 Å². The quantitative estimate of drug-likeness (QED) is 0.644. The molecule has 2 aromatic rings. The lowest BCUT2D eigenvalue weighted by atomic mass is 9.99. The number of nitrogens with zero attached hydrogens (tertiary/aromatic N) is 1. The Bertz CT molecular complexity index is 1060. The number of hydrogen-bond acceptors (Lipinski definition) is 5. The molecule has 2 aromatic carbocycles. The van der Waals surface area contributed by atoms with E-state index >= 15 is 0 Å². The van der Waals surface area contributed by atoms with Crippen molar-refractivity contribution in [1.82, 2.24) is 9.62 Å². The summed E-state index contributed by atoms with van der Waals surface area (Å²) in [4.78, 5) is 12.8. The molecule has 1 aliphatic heterocycles. The van der Waals surface area contributed by atoms with Gasteiger partial charge >= 0.3 is 0 Å². The predicted octanol–water partition coefficient (Wildman–Crippen LogP) is 3.73. The highest BCUT2D eigenvalue weighted by atomic mass is 35.5. The van der Waals surface area contributed by atoms with Crippen LogP contribution in [0.5, 0.6) is 11.5 Å². The number of carbonyl (C=O) groups is 1. The highest BCUT2D eigenvalue weighted by Gasteiger charge is 2.35. The third-order valence-electron chi connectivity index (χ3n) is 5.21. The van der Waals surface area contributed by atoms with Crippen LogP contribution in [0.3, 0.4) is 0 Å². The molecule has 1 saturated heterocycles. The first-order chi connectivity index (χ1) is 14.8. The highest BCUT2D eigenvalue weighted by molar-refractivity contribution is 7.89. The first-order valence-electron chi connectivity index (χ1n) is 9.70. The molecule has 3 rings (SSSR count). The minimum absolute atomic E-state index is 0.0170. The minimum Gasteiger partial charge on any atom is -0.497 e. The van der Waals surface area contributed by atoms with Gasteiger partial charge in [-0.1, -0.05) is 29.3 Å². The van der Waals surface area contributed by atoms with E-state index in [1.165, 1.54) is 24.6 Å². The lowest BCUT2D eigenvalue weighted by Crippen LogP contribution is -2.45. The topological polar surface area (TPSA) is 84.9 Å². The number of sulfonamides is 1. The van der Waals surface area contributed by atoms with Gasteiger partial charge in [-0.25, -0.2) is 8.42 Å². The van der Waals surface area contributed by atoms with Crippen molar-refractivity contribution in [3.05, 3.63) is 52.0 Å². The number of ether oxygens (including phenoxy) is 2. The predicted molar refractivity (Wildman–Crippen MR) is 119 cm³/mol. The molecular weight excluding hydrogens is 463 g/mol. The Morgan fingerprint density at radius 2 is 1.94 bits per heavy atom. The number of rotatable bonds is 7. The molecule has 0 bridgehead atoms. The number of halogens is 2. The summed E-state index contributed by atoms with van der Waals surface area (Å²) in [6.45, 7) is 0.653. The summed E-state index contributed by atoms with van der Waals surface area (Å²) in [5.74, 6) is -0.0509. The van der Waals surface area contributed by atoms with Gasteiger partial charge in [-0.15, -0.1) is 0 Å². The molecule has 0 saturated carbocycles. The van der Waals surface area contributed by atoms with E-state index in [1.54, 1.807) is 30.3 Å². The fraction of sp³-hybridized carbons (Fsp3) is 0.381. The van der Waals surface area contributed by atoms with E-state index in [9.17, 15) is 13.2 Å². The fourth-order valence-electron chi connectivity index (χ4n) is 3.49. The molecule has 1 fully saturated rings. The van der Waals surface area contributed by atoms with Gasteiger partial charge in [-0.3, -0.25) is 4.79 Å². The SMILES string of the molecule is COc1ccc(OC)c(S(=O)(=O)N2CCC[C@H](C(=O)NCc3ccc(Cl)cc3Cl)C2)c1. The van der Waals surface area contributed by atoms with E-state index in [2.05, 4.69) is 5.32 Å². The van der Waals surface area contributed by atoms with Gasteiger partial charge in [0.15, 0.2) is 0 Å². The number of amides is 1. The molecule has 1 heterocycles. The largest absolute Gasteiger partial charge is 0.497 e. The first-order valence-corrected chi connectivity index (χ1v) is 11.9. The van der Waals surface area contributed by atoms with Gasteiger partial charge in [-0.05, 0) is 42.7 Å². The van der Waals surface area contributed by atoms with Crippen molar-refractivity contribution in [2.75, 3.05) is 27.3 Å². The molecule has 31 heavy (non-hydrogen) atoms. The third kappa shape index (κ3) is 5.44. The van der Waals surface area contributed by atoms with E-state index in [0.717, 1.165) is 5.56 Å². The van der Waals surface area contributed by atoms with Crippen molar-refractivity contribution in [2.45, 2.75) is 24.3 Å². The van der Waals surface area contributed by atoms with Crippen LogP contribution in [0.15, 0.2) is 41.3 Å². The van der Waals surface area contributed by atoms with Crippen LogP contribution in [0.2, 0.25) is 10.0 Å². The van der Waals surface area contributed by atoms with Crippen molar-refractivity contribution in [3.63, 3.8) is 0 Å². The van der Waals surface area contributed by atoms with E-state index in [4.69, 9.17) is 32.7 Å². The summed E-state index contributed by atoms with van der Waals surface area (Å²) in [6.07, 6.45) is 1.17. The molecular formula is C21H24Cl2N2O5S. The van der Waals surface area contributed by atoms with Crippen molar-refractivity contribution >= 4 is 39.1 Å². The van der Waals surface area contributed by atoms with Gasteiger partial charge in [0.05, 0.1) is 20.1 Å². The van der Waals surface area contributed by atoms with E-state index in [1.807, 2.05) is 0 Å². The monoisotopic (exact) mass is 486 g/mol. The molecule has 0 unspecified atom stereocenters. The molecule has 1 aliphatic rings. The average molecular weight is 487 g/mol. The molecule has 0 aliphatic carbocycles. The van der Waals surface area contributed by atoms with Crippen molar-refractivity contribution in [1.29, 1.82) is 0 Å². The third-order valence-corrected chi connectivity index (χ3v) is 7.68. The number of piperidine rings is 1. The van der Waals surface area contributed by atoms with Gasteiger partial charge in [-0.2, -0.15) is 4.31 Å². The normalized spacial score (nSPS) is 17.2. The van der Waals surface area contributed by atoms with Crippen LogP contribution in [0, 0.1) is 5.92 Å². The molecule has 0 spiro atoms. The Balaban J connectivity index is 1.73. The maximum absolute atomic E-state index is 13.3. The molecule has 10 heteroatoms. The standard InChI is InChI=1S/C21H24Cl2N2O5S/c1-29-17-7-8-19(30-2)20(11-17)31(27,28)25-9-3-4-15(13-25)21(26)24-12-14-5-6-16(22)10-18(14)23/h5-8,10-11,15H,3-4,9,12-13H2,1-2H3,(H,24,26)/t15-/m0/s1. The zero-order chi connectivity index (χ0) is 22.6. The molecule has 7 nitrogen and oxygen atoms in total. The molecule has 1 atom stereocenters. The lowest BCUT2D eigenvalue weighted by Gasteiger charge is -2.31. The Morgan fingerprint density at radius 3 is 2.61 bits per heavy atom. The Kier molecular flexibility index (Phi) is 7.69.